The number of esters is 1. The van der Waals surface area contributed by atoms with Gasteiger partial charge in [0.15, 0.2) is 0 Å². The second-order valence-electron chi connectivity index (χ2n) is 9.71. The summed E-state index contributed by atoms with van der Waals surface area (Å²) in [5, 5.41) is 7.34. The first-order valence-corrected chi connectivity index (χ1v) is 12.1. The molecule has 0 aromatic heterocycles. The molecule has 0 spiro atoms. The molecule has 0 aliphatic rings. The number of rotatable bonds is 5. The van der Waals surface area contributed by atoms with E-state index in [1.165, 1.54) is 32.5 Å². The summed E-state index contributed by atoms with van der Waals surface area (Å²) in [7, 11) is 0. The van der Waals surface area contributed by atoms with E-state index >= 15 is 0 Å². The van der Waals surface area contributed by atoms with Gasteiger partial charge in [0.2, 0.25) is 0 Å². The van der Waals surface area contributed by atoms with Gasteiger partial charge in [-0.05, 0) is 87.8 Å². The van der Waals surface area contributed by atoms with Crippen LogP contribution in [-0.2, 0) is 10.3 Å². The number of fused-ring (bicyclic) bond motifs is 5. The van der Waals surface area contributed by atoms with E-state index in [4.69, 9.17) is 4.74 Å². The van der Waals surface area contributed by atoms with Gasteiger partial charge in [0.05, 0.1) is 5.56 Å². The van der Waals surface area contributed by atoms with Gasteiger partial charge >= 0.3 is 5.97 Å². The molecule has 1 atom stereocenters. The Hall–Kier alpha value is -3.65. The van der Waals surface area contributed by atoms with Crippen LogP contribution in [0.5, 0.6) is 0 Å². The summed E-state index contributed by atoms with van der Waals surface area (Å²) in [6.07, 6.45) is 1.07. The standard InChI is InChI=1S/C32H30O2/c1-5-21(2)22-10-12-24(13-11-22)31(33)34-32(3,4)26-16-19-28-25(20-26)15-18-29-27-9-7-6-8-23(27)14-17-30(28)29/h6-21H,5H2,1-4H3. The molecular weight excluding hydrogens is 416 g/mol. The molecule has 0 saturated heterocycles. The van der Waals surface area contributed by atoms with Crippen molar-refractivity contribution < 1.29 is 9.53 Å². The van der Waals surface area contributed by atoms with Gasteiger partial charge in [0.25, 0.3) is 0 Å². The lowest BCUT2D eigenvalue weighted by molar-refractivity contribution is -0.00307. The molecule has 2 nitrogen and oxygen atoms in total. The molecule has 0 heterocycles. The largest absolute Gasteiger partial charge is 0.451 e. The van der Waals surface area contributed by atoms with E-state index in [0.717, 1.165) is 17.4 Å². The normalized spacial score (nSPS) is 12.8. The van der Waals surface area contributed by atoms with Crippen LogP contribution in [-0.4, -0.2) is 5.97 Å². The molecule has 0 saturated carbocycles. The minimum absolute atomic E-state index is 0.300. The van der Waals surface area contributed by atoms with E-state index in [-0.39, 0.29) is 5.97 Å². The predicted molar refractivity (Wildman–Crippen MR) is 143 cm³/mol. The summed E-state index contributed by atoms with van der Waals surface area (Å²) < 4.78 is 5.99. The summed E-state index contributed by atoms with van der Waals surface area (Å²) in [5.74, 6) is 0.180. The molecule has 0 amide bonds. The Balaban J connectivity index is 1.46. The minimum Gasteiger partial charge on any atom is -0.451 e. The van der Waals surface area contributed by atoms with Crippen LogP contribution in [0.15, 0.2) is 91.0 Å². The fourth-order valence-corrected chi connectivity index (χ4v) is 4.74. The number of carbonyl (C=O) groups excluding carboxylic acids is 1. The Morgan fingerprint density at radius 2 is 1.38 bits per heavy atom. The Bertz CT molecular complexity index is 1510. The Labute approximate surface area is 201 Å². The molecule has 2 heteroatoms. The lowest BCUT2D eigenvalue weighted by Crippen LogP contribution is -2.25. The second kappa shape index (κ2) is 8.61. The van der Waals surface area contributed by atoms with Crippen LogP contribution in [0.2, 0.25) is 0 Å². The smallest absolute Gasteiger partial charge is 0.338 e. The zero-order valence-electron chi connectivity index (χ0n) is 20.3. The van der Waals surface area contributed by atoms with E-state index < -0.39 is 5.60 Å². The van der Waals surface area contributed by atoms with Gasteiger partial charge in [-0.3, -0.25) is 0 Å². The quantitative estimate of drug-likeness (QED) is 0.199. The van der Waals surface area contributed by atoms with Crippen molar-refractivity contribution in [1.82, 2.24) is 0 Å². The van der Waals surface area contributed by atoms with Gasteiger partial charge in [-0.1, -0.05) is 86.6 Å². The monoisotopic (exact) mass is 446 g/mol. The third kappa shape index (κ3) is 3.94. The molecule has 5 aromatic carbocycles. The molecule has 0 fully saturated rings. The van der Waals surface area contributed by atoms with Crippen LogP contribution in [0.3, 0.4) is 0 Å². The topological polar surface area (TPSA) is 26.3 Å². The third-order valence-electron chi connectivity index (χ3n) is 7.11. The molecule has 0 aliphatic heterocycles. The SMILES string of the molecule is CCC(C)c1ccc(C(=O)OC(C)(C)c2ccc3c(ccc4c5ccccc5ccc34)c2)cc1. The molecule has 5 rings (SSSR count). The highest BCUT2D eigenvalue weighted by Crippen LogP contribution is 2.34. The van der Waals surface area contributed by atoms with Crippen molar-refractivity contribution in [3.8, 4) is 0 Å². The molecule has 0 N–H and O–H groups in total. The first kappa shape index (κ1) is 22.2. The Morgan fingerprint density at radius 3 is 2.09 bits per heavy atom. The van der Waals surface area contributed by atoms with E-state index in [1.54, 1.807) is 0 Å². The van der Waals surface area contributed by atoms with Gasteiger partial charge < -0.3 is 4.74 Å². The van der Waals surface area contributed by atoms with Crippen LogP contribution in [0.25, 0.3) is 32.3 Å². The predicted octanol–water partition coefficient (Wildman–Crippen LogP) is 8.75. The number of benzene rings is 5. The molecule has 0 aliphatic carbocycles. The maximum absolute atomic E-state index is 12.9. The van der Waals surface area contributed by atoms with Gasteiger partial charge in [0.1, 0.15) is 5.60 Å². The number of ether oxygens (including phenoxy) is 1. The highest BCUT2D eigenvalue weighted by Gasteiger charge is 2.26. The number of hydrogen-bond donors (Lipinski definition) is 0. The number of hydrogen-bond acceptors (Lipinski definition) is 2. The first-order valence-electron chi connectivity index (χ1n) is 12.1. The molecule has 0 bridgehead atoms. The van der Waals surface area contributed by atoms with Gasteiger partial charge in [-0.25, -0.2) is 4.79 Å². The zero-order valence-corrected chi connectivity index (χ0v) is 20.3. The maximum Gasteiger partial charge on any atom is 0.338 e. The maximum atomic E-state index is 12.9. The van der Waals surface area contributed by atoms with Crippen molar-refractivity contribution in [3.63, 3.8) is 0 Å². The molecule has 170 valence electrons. The summed E-state index contributed by atoms with van der Waals surface area (Å²) in [6, 6.07) is 31.4. The minimum atomic E-state index is -0.751. The molecule has 0 radical (unpaired) electrons. The van der Waals surface area contributed by atoms with Crippen molar-refractivity contribution in [2.45, 2.75) is 45.6 Å². The van der Waals surface area contributed by atoms with Crippen molar-refractivity contribution in [1.29, 1.82) is 0 Å². The van der Waals surface area contributed by atoms with Gasteiger partial charge in [-0.15, -0.1) is 0 Å². The molecule has 1 unspecified atom stereocenters. The molecular formula is C32H30O2. The van der Waals surface area contributed by atoms with Crippen molar-refractivity contribution >= 4 is 38.3 Å². The lowest BCUT2D eigenvalue weighted by atomic mass is 9.92. The molecule has 5 aromatic rings. The third-order valence-corrected chi connectivity index (χ3v) is 7.11. The number of carbonyl (C=O) groups is 1. The van der Waals surface area contributed by atoms with E-state index in [2.05, 4.69) is 80.6 Å². The van der Waals surface area contributed by atoms with Crippen molar-refractivity contribution in [2.24, 2.45) is 0 Å². The van der Waals surface area contributed by atoms with Gasteiger partial charge in [-0.2, -0.15) is 0 Å². The average molecular weight is 447 g/mol. The highest BCUT2D eigenvalue weighted by atomic mass is 16.6. The second-order valence-corrected chi connectivity index (χ2v) is 9.71. The van der Waals surface area contributed by atoms with Crippen molar-refractivity contribution in [2.75, 3.05) is 0 Å². The van der Waals surface area contributed by atoms with E-state index in [0.29, 0.717) is 11.5 Å². The fourth-order valence-electron chi connectivity index (χ4n) is 4.74. The van der Waals surface area contributed by atoms with Crippen molar-refractivity contribution in [3.05, 3.63) is 108 Å². The van der Waals surface area contributed by atoms with Crippen LogP contribution in [0.4, 0.5) is 0 Å². The summed E-state index contributed by atoms with van der Waals surface area (Å²) in [5.41, 5.74) is 2.05. The first-order chi connectivity index (χ1) is 16.4. The van der Waals surface area contributed by atoms with Crippen LogP contribution < -0.4 is 0 Å². The van der Waals surface area contributed by atoms with Crippen LogP contribution >= 0.6 is 0 Å². The van der Waals surface area contributed by atoms with E-state index in [1.807, 2.05) is 38.1 Å². The molecule has 34 heavy (non-hydrogen) atoms. The summed E-state index contributed by atoms with van der Waals surface area (Å²) in [4.78, 5) is 12.9. The lowest BCUT2D eigenvalue weighted by Gasteiger charge is -2.26. The fraction of sp³-hybridized carbons (Fsp3) is 0.219. The van der Waals surface area contributed by atoms with E-state index in [9.17, 15) is 4.79 Å². The summed E-state index contributed by atoms with van der Waals surface area (Å²) in [6.45, 7) is 8.27. The van der Waals surface area contributed by atoms with Gasteiger partial charge in [0, 0.05) is 0 Å². The summed E-state index contributed by atoms with van der Waals surface area (Å²) >= 11 is 0. The van der Waals surface area contributed by atoms with Crippen LogP contribution in [0, 0.1) is 0 Å². The average Bonchev–Trinajstić information content (AvgIpc) is 2.87. The van der Waals surface area contributed by atoms with Crippen LogP contribution in [0.1, 0.15) is 61.5 Å². The zero-order chi connectivity index (χ0) is 23.9. The Morgan fingerprint density at radius 1 is 0.765 bits per heavy atom. The highest BCUT2D eigenvalue weighted by molar-refractivity contribution is 6.17. The Kier molecular flexibility index (Phi) is 5.61.